The molecule has 0 aromatic carbocycles. The van der Waals surface area contributed by atoms with Gasteiger partial charge >= 0.3 is 0 Å². The van der Waals surface area contributed by atoms with Gasteiger partial charge in [-0.3, -0.25) is 9.59 Å². The maximum atomic E-state index is 14.2. The van der Waals surface area contributed by atoms with Crippen LogP contribution in [-0.2, 0) is 9.59 Å². The second kappa shape index (κ2) is 8.08. The summed E-state index contributed by atoms with van der Waals surface area (Å²) in [6.45, 7) is 15.0. The van der Waals surface area contributed by atoms with Gasteiger partial charge in [0, 0.05) is 23.2 Å². The van der Waals surface area contributed by atoms with Crippen molar-refractivity contribution in [3.8, 4) is 0 Å². The van der Waals surface area contributed by atoms with Crippen LogP contribution in [0.4, 0.5) is 0 Å². The molecule has 0 aliphatic heterocycles. The number of allylic oxidation sites excluding steroid dienone is 1. The number of carbonyl (C=O) groups is 2. The second-order valence-corrected chi connectivity index (χ2v) is 14.3. The van der Waals surface area contributed by atoms with Gasteiger partial charge < -0.3 is 20.4 Å². The Balaban J connectivity index is 1.75. The van der Waals surface area contributed by atoms with Gasteiger partial charge in [-0.2, -0.15) is 0 Å². The first-order chi connectivity index (χ1) is 16.2. The number of rotatable bonds is 4. The van der Waals surface area contributed by atoms with Crippen LogP contribution in [-0.4, -0.2) is 55.4 Å². The molecule has 0 aromatic rings. The van der Waals surface area contributed by atoms with E-state index in [4.69, 9.17) is 0 Å². The average Bonchev–Trinajstić information content (AvgIpc) is 3.02. The lowest BCUT2D eigenvalue weighted by atomic mass is 9.38. The zero-order valence-electron chi connectivity index (χ0n) is 23.3. The van der Waals surface area contributed by atoms with E-state index in [0.29, 0.717) is 19.3 Å². The lowest BCUT2D eigenvalue weighted by Crippen LogP contribution is -2.65. The third-order valence-corrected chi connectivity index (χ3v) is 11.5. The number of Topliss-reactive ketones (excluding diaryl/α,β-unsaturated/α-hetero) is 1. The maximum absolute atomic E-state index is 14.2. The highest BCUT2D eigenvalue weighted by Crippen LogP contribution is 2.74. The number of hydrogen-bond donors (Lipinski definition) is 4. The molecule has 36 heavy (non-hydrogen) atoms. The van der Waals surface area contributed by atoms with Crippen molar-refractivity contribution in [2.75, 3.05) is 0 Å². The molecular weight excluding hydrogens is 456 g/mol. The highest BCUT2D eigenvalue weighted by atomic mass is 16.3. The minimum Gasteiger partial charge on any atom is -0.390 e. The van der Waals surface area contributed by atoms with Gasteiger partial charge in [0.25, 0.3) is 0 Å². The number of aliphatic hydroxyl groups excluding tert-OH is 2. The SMILES string of the molecule is CC(C)(O)C=CC(=O)C(C)(O)C1CCC2(C)C3CC=C4C(CC(O)C(O)C4(C)C)C3(C)C(=O)CC12C. The summed E-state index contributed by atoms with van der Waals surface area (Å²) in [5.41, 5.74) is -3.91. The third kappa shape index (κ3) is 3.58. The van der Waals surface area contributed by atoms with Crippen molar-refractivity contribution >= 4 is 11.6 Å². The molecule has 3 saturated carbocycles. The van der Waals surface area contributed by atoms with Gasteiger partial charge in [-0.1, -0.05) is 52.3 Å². The van der Waals surface area contributed by atoms with Crippen LogP contribution in [0.2, 0.25) is 0 Å². The molecule has 6 heteroatoms. The summed E-state index contributed by atoms with van der Waals surface area (Å²) in [4.78, 5) is 27.4. The third-order valence-electron chi connectivity index (χ3n) is 11.5. The van der Waals surface area contributed by atoms with Crippen LogP contribution in [0.1, 0.15) is 87.5 Å². The highest BCUT2D eigenvalue weighted by molar-refractivity contribution is 5.97. The molecule has 0 bridgehead atoms. The van der Waals surface area contributed by atoms with Crippen molar-refractivity contribution in [3.63, 3.8) is 0 Å². The largest absolute Gasteiger partial charge is 0.390 e. The molecule has 9 atom stereocenters. The standard InChI is InChI=1S/C30H46O6/c1-25(2,35)13-12-22(32)30(8,36)21-11-14-27(5)20-10-9-17-18(15-19(31)24(34)26(17,3)4)29(20,7)23(33)16-28(21,27)6/h9,12-13,18-21,24,31,34-36H,10-11,14-16H2,1-8H3. The first kappa shape index (κ1) is 27.7. The van der Waals surface area contributed by atoms with E-state index in [1.807, 2.05) is 13.8 Å². The van der Waals surface area contributed by atoms with Crippen molar-refractivity contribution in [2.45, 2.75) is 111 Å². The van der Waals surface area contributed by atoms with Gasteiger partial charge in [-0.15, -0.1) is 0 Å². The van der Waals surface area contributed by atoms with E-state index in [1.165, 1.54) is 12.2 Å². The molecule has 0 saturated heterocycles. The number of aliphatic hydroxyl groups is 4. The summed E-state index contributed by atoms with van der Waals surface area (Å²) >= 11 is 0. The van der Waals surface area contributed by atoms with E-state index < -0.39 is 51.4 Å². The molecule has 0 heterocycles. The summed E-state index contributed by atoms with van der Waals surface area (Å²) in [5.74, 6) is -0.856. The van der Waals surface area contributed by atoms with E-state index >= 15 is 0 Å². The Morgan fingerprint density at radius 3 is 2.25 bits per heavy atom. The van der Waals surface area contributed by atoms with E-state index in [0.717, 1.165) is 12.0 Å². The monoisotopic (exact) mass is 502 g/mol. The van der Waals surface area contributed by atoms with Crippen molar-refractivity contribution < 1.29 is 30.0 Å². The molecular formula is C30H46O6. The highest BCUT2D eigenvalue weighted by Gasteiger charge is 2.72. The fourth-order valence-electron chi connectivity index (χ4n) is 9.00. The number of carbonyl (C=O) groups excluding carboxylic acids is 2. The van der Waals surface area contributed by atoms with Crippen molar-refractivity contribution in [3.05, 3.63) is 23.8 Å². The Morgan fingerprint density at radius 2 is 1.67 bits per heavy atom. The quantitative estimate of drug-likeness (QED) is 0.344. The van der Waals surface area contributed by atoms with Crippen LogP contribution in [0.15, 0.2) is 23.8 Å². The molecule has 4 rings (SSSR count). The van der Waals surface area contributed by atoms with Gasteiger partial charge in [0.05, 0.1) is 17.8 Å². The molecule has 0 amide bonds. The Morgan fingerprint density at radius 1 is 1.06 bits per heavy atom. The number of ketones is 2. The van der Waals surface area contributed by atoms with E-state index in [-0.39, 0.29) is 29.5 Å². The molecule has 4 aliphatic rings. The first-order valence-corrected chi connectivity index (χ1v) is 13.5. The Bertz CT molecular complexity index is 1010. The van der Waals surface area contributed by atoms with Crippen LogP contribution in [0, 0.1) is 39.4 Å². The van der Waals surface area contributed by atoms with Crippen LogP contribution in [0.3, 0.4) is 0 Å². The van der Waals surface area contributed by atoms with Crippen molar-refractivity contribution in [1.29, 1.82) is 0 Å². The van der Waals surface area contributed by atoms with Crippen molar-refractivity contribution in [1.82, 2.24) is 0 Å². The summed E-state index contributed by atoms with van der Waals surface area (Å²) < 4.78 is 0. The second-order valence-electron chi connectivity index (χ2n) is 14.3. The van der Waals surface area contributed by atoms with Gasteiger partial charge in [-0.25, -0.2) is 0 Å². The van der Waals surface area contributed by atoms with Crippen LogP contribution in [0.25, 0.3) is 0 Å². The van der Waals surface area contributed by atoms with Gasteiger partial charge in [0.1, 0.15) is 11.4 Å². The predicted molar refractivity (Wildman–Crippen MR) is 138 cm³/mol. The number of hydrogen-bond acceptors (Lipinski definition) is 6. The molecule has 9 unspecified atom stereocenters. The van der Waals surface area contributed by atoms with Gasteiger partial charge in [0.2, 0.25) is 0 Å². The summed E-state index contributed by atoms with van der Waals surface area (Å²) in [7, 11) is 0. The molecule has 3 fully saturated rings. The van der Waals surface area contributed by atoms with Gasteiger partial charge in [-0.05, 0) is 75.2 Å². The molecule has 0 spiro atoms. The smallest absolute Gasteiger partial charge is 0.186 e. The predicted octanol–water partition coefficient (Wildman–Crippen LogP) is 3.75. The first-order valence-electron chi connectivity index (χ1n) is 13.5. The topological polar surface area (TPSA) is 115 Å². The lowest BCUT2D eigenvalue weighted by Gasteiger charge is -2.65. The minimum absolute atomic E-state index is 0.00561. The molecule has 6 nitrogen and oxygen atoms in total. The number of fused-ring (bicyclic) bond motifs is 5. The van der Waals surface area contributed by atoms with Crippen LogP contribution < -0.4 is 0 Å². The summed E-state index contributed by atoms with van der Waals surface area (Å²) in [6.07, 6.45) is 5.90. The minimum atomic E-state index is -1.66. The Hall–Kier alpha value is -1.34. The van der Waals surface area contributed by atoms with E-state index in [2.05, 4.69) is 26.8 Å². The molecule has 4 aliphatic carbocycles. The van der Waals surface area contributed by atoms with Crippen LogP contribution >= 0.6 is 0 Å². The lowest BCUT2D eigenvalue weighted by molar-refractivity contribution is -0.185. The van der Waals surface area contributed by atoms with Gasteiger partial charge in [0.15, 0.2) is 5.78 Å². The Kier molecular flexibility index (Phi) is 6.21. The van der Waals surface area contributed by atoms with E-state index in [9.17, 15) is 30.0 Å². The molecule has 0 aromatic heterocycles. The Labute approximate surface area is 215 Å². The fraction of sp³-hybridized carbons (Fsp3) is 0.800. The zero-order chi connectivity index (χ0) is 27.3. The van der Waals surface area contributed by atoms with E-state index in [1.54, 1.807) is 20.8 Å². The van der Waals surface area contributed by atoms with Crippen LogP contribution in [0.5, 0.6) is 0 Å². The summed E-state index contributed by atoms with van der Waals surface area (Å²) in [5, 5.41) is 43.2. The fourth-order valence-corrected chi connectivity index (χ4v) is 9.00. The van der Waals surface area contributed by atoms with Crippen molar-refractivity contribution in [2.24, 2.45) is 39.4 Å². The molecule has 0 radical (unpaired) electrons. The normalized spacial score (nSPS) is 45.9. The maximum Gasteiger partial charge on any atom is 0.186 e. The molecule has 202 valence electrons. The molecule has 4 N–H and O–H groups in total. The zero-order valence-corrected chi connectivity index (χ0v) is 23.3. The summed E-state index contributed by atoms with van der Waals surface area (Å²) in [6, 6.07) is 0. The average molecular weight is 503 g/mol.